The zero-order valence-electron chi connectivity index (χ0n) is 13.3. The Morgan fingerprint density at radius 1 is 1.04 bits per heavy atom. The minimum atomic E-state index is 0.359. The number of rotatable bonds is 3. The van der Waals surface area contributed by atoms with Crippen molar-refractivity contribution >= 4 is 0 Å². The molecule has 0 fully saturated rings. The summed E-state index contributed by atoms with van der Waals surface area (Å²) in [7, 11) is 0. The van der Waals surface area contributed by atoms with Crippen LogP contribution in [-0.2, 0) is 0 Å². The standard InChI is InChI=1S/C18H12N6O/c1-12-2-8-15(9-3-12)24-11-16(21-23-24)17-20-18(25-22-17)14-6-4-13(10-19)5-7-14/h2-9,11H,1H3. The highest BCUT2D eigenvalue weighted by molar-refractivity contribution is 5.58. The van der Waals surface area contributed by atoms with Gasteiger partial charge in [0.2, 0.25) is 5.82 Å². The smallest absolute Gasteiger partial charge is 0.258 e. The van der Waals surface area contributed by atoms with Crippen molar-refractivity contribution in [2.75, 3.05) is 0 Å². The highest BCUT2D eigenvalue weighted by atomic mass is 16.5. The SMILES string of the molecule is Cc1ccc(-n2cc(-c3noc(-c4ccc(C#N)cc4)n3)nn2)cc1. The molecule has 2 heterocycles. The maximum atomic E-state index is 8.84. The van der Waals surface area contributed by atoms with Crippen molar-refractivity contribution in [3.63, 3.8) is 0 Å². The fourth-order valence-corrected chi connectivity index (χ4v) is 2.32. The van der Waals surface area contributed by atoms with E-state index in [1.807, 2.05) is 31.2 Å². The molecule has 0 radical (unpaired) electrons. The molecule has 0 unspecified atom stereocenters. The van der Waals surface area contributed by atoms with E-state index in [4.69, 9.17) is 9.78 Å². The van der Waals surface area contributed by atoms with Crippen LogP contribution in [-0.4, -0.2) is 25.1 Å². The third kappa shape index (κ3) is 2.88. The van der Waals surface area contributed by atoms with Gasteiger partial charge in [-0.2, -0.15) is 10.2 Å². The Hall–Kier alpha value is -3.79. The van der Waals surface area contributed by atoms with Gasteiger partial charge < -0.3 is 4.52 Å². The van der Waals surface area contributed by atoms with Crippen LogP contribution in [0.25, 0.3) is 28.7 Å². The van der Waals surface area contributed by atoms with Gasteiger partial charge in [-0.05, 0) is 43.3 Å². The lowest BCUT2D eigenvalue weighted by atomic mass is 10.1. The Labute approximate surface area is 143 Å². The van der Waals surface area contributed by atoms with E-state index < -0.39 is 0 Å². The van der Waals surface area contributed by atoms with Crippen molar-refractivity contribution < 1.29 is 4.52 Å². The Balaban J connectivity index is 1.62. The zero-order valence-corrected chi connectivity index (χ0v) is 13.3. The first-order chi connectivity index (χ1) is 12.2. The van der Waals surface area contributed by atoms with Crippen LogP contribution in [0.2, 0.25) is 0 Å². The fraction of sp³-hybridized carbons (Fsp3) is 0.0556. The van der Waals surface area contributed by atoms with E-state index in [1.54, 1.807) is 35.1 Å². The molecule has 0 saturated carbocycles. The van der Waals surface area contributed by atoms with Crippen molar-refractivity contribution in [1.82, 2.24) is 25.1 Å². The van der Waals surface area contributed by atoms with E-state index in [9.17, 15) is 0 Å². The van der Waals surface area contributed by atoms with Crippen LogP contribution in [0.5, 0.6) is 0 Å². The number of hydrogen-bond donors (Lipinski definition) is 0. The molecule has 0 aliphatic heterocycles. The molecule has 0 aliphatic carbocycles. The minimum Gasteiger partial charge on any atom is -0.334 e. The predicted molar refractivity (Wildman–Crippen MR) is 89.5 cm³/mol. The molecule has 7 heteroatoms. The summed E-state index contributed by atoms with van der Waals surface area (Å²) < 4.78 is 6.95. The number of aryl methyl sites for hydroxylation is 1. The van der Waals surface area contributed by atoms with Gasteiger partial charge in [0.25, 0.3) is 5.89 Å². The molecule has 25 heavy (non-hydrogen) atoms. The van der Waals surface area contributed by atoms with Crippen molar-refractivity contribution in [2.24, 2.45) is 0 Å². The lowest BCUT2D eigenvalue weighted by molar-refractivity contribution is 0.432. The molecule has 0 amide bonds. The van der Waals surface area contributed by atoms with Gasteiger partial charge in [-0.15, -0.1) is 5.10 Å². The normalized spacial score (nSPS) is 10.6. The summed E-state index contributed by atoms with van der Waals surface area (Å²) in [5, 5.41) is 21.0. The first-order valence-corrected chi connectivity index (χ1v) is 7.57. The number of hydrogen-bond acceptors (Lipinski definition) is 6. The molecule has 7 nitrogen and oxygen atoms in total. The van der Waals surface area contributed by atoms with E-state index in [0.29, 0.717) is 23.0 Å². The van der Waals surface area contributed by atoms with Gasteiger partial charge >= 0.3 is 0 Å². The van der Waals surface area contributed by atoms with Gasteiger partial charge in [0.15, 0.2) is 5.69 Å². The predicted octanol–water partition coefficient (Wildman–Crippen LogP) is 3.16. The van der Waals surface area contributed by atoms with Crippen LogP contribution >= 0.6 is 0 Å². The van der Waals surface area contributed by atoms with Crippen LogP contribution in [0.15, 0.2) is 59.3 Å². The van der Waals surface area contributed by atoms with Crippen molar-refractivity contribution in [2.45, 2.75) is 6.92 Å². The summed E-state index contributed by atoms with van der Waals surface area (Å²) in [6.45, 7) is 2.03. The van der Waals surface area contributed by atoms with Crippen molar-refractivity contribution in [3.05, 3.63) is 65.9 Å². The van der Waals surface area contributed by atoms with Gasteiger partial charge in [0.05, 0.1) is 23.5 Å². The van der Waals surface area contributed by atoms with Crippen molar-refractivity contribution in [1.29, 1.82) is 5.26 Å². The summed E-state index contributed by atoms with van der Waals surface area (Å²) in [4.78, 5) is 4.35. The molecule has 0 saturated heterocycles. The zero-order chi connectivity index (χ0) is 17.2. The van der Waals surface area contributed by atoms with Gasteiger partial charge in [-0.3, -0.25) is 0 Å². The van der Waals surface area contributed by atoms with Crippen LogP contribution in [0.1, 0.15) is 11.1 Å². The van der Waals surface area contributed by atoms with Gasteiger partial charge in [0.1, 0.15) is 0 Å². The molecule has 2 aromatic carbocycles. The quantitative estimate of drug-likeness (QED) is 0.573. The Bertz CT molecular complexity index is 1050. The summed E-state index contributed by atoms with van der Waals surface area (Å²) in [6.07, 6.45) is 1.75. The number of nitriles is 1. The van der Waals surface area contributed by atoms with Gasteiger partial charge in [0, 0.05) is 5.56 Å². The summed E-state index contributed by atoms with van der Waals surface area (Å²) in [5.74, 6) is 0.724. The van der Waals surface area contributed by atoms with Crippen molar-refractivity contribution in [3.8, 4) is 34.7 Å². The van der Waals surface area contributed by atoms with E-state index in [0.717, 1.165) is 11.3 Å². The maximum absolute atomic E-state index is 8.84. The molecular weight excluding hydrogens is 316 g/mol. The highest BCUT2D eigenvalue weighted by Gasteiger charge is 2.14. The van der Waals surface area contributed by atoms with Crippen LogP contribution in [0, 0.1) is 18.3 Å². The summed E-state index contributed by atoms with van der Waals surface area (Å²) in [6, 6.07) is 16.9. The third-order valence-corrected chi connectivity index (χ3v) is 3.71. The fourth-order valence-electron chi connectivity index (χ4n) is 2.32. The molecule has 120 valence electrons. The Morgan fingerprint density at radius 3 is 2.52 bits per heavy atom. The lowest BCUT2D eigenvalue weighted by Crippen LogP contribution is -1.94. The first-order valence-electron chi connectivity index (χ1n) is 7.57. The summed E-state index contributed by atoms with van der Waals surface area (Å²) in [5.41, 5.74) is 3.91. The van der Waals surface area contributed by atoms with Crippen LogP contribution in [0.4, 0.5) is 0 Å². The van der Waals surface area contributed by atoms with E-state index in [2.05, 4.69) is 26.5 Å². The Morgan fingerprint density at radius 2 is 1.80 bits per heavy atom. The maximum Gasteiger partial charge on any atom is 0.258 e. The average Bonchev–Trinajstić information content (AvgIpc) is 3.32. The molecule has 4 aromatic rings. The first kappa shape index (κ1) is 14.8. The second-order valence-corrected chi connectivity index (χ2v) is 5.50. The summed E-state index contributed by atoms with van der Waals surface area (Å²) >= 11 is 0. The second-order valence-electron chi connectivity index (χ2n) is 5.50. The monoisotopic (exact) mass is 328 g/mol. The van der Waals surface area contributed by atoms with Crippen LogP contribution in [0.3, 0.4) is 0 Å². The van der Waals surface area contributed by atoms with Gasteiger partial charge in [-0.25, -0.2) is 4.68 Å². The number of aromatic nitrogens is 5. The lowest BCUT2D eigenvalue weighted by Gasteiger charge is -1.99. The van der Waals surface area contributed by atoms with Gasteiger partial charge in [-0.1, -0.05) is 28.1 Å². The van der Waals surface area contributed by atoms with E-state index in [-0.39, 0.29) is 0 Å². The highest BCUT2D eigenvalue weighted by Crippen LogP contribution is 2.21. The molecule has 0 aliphatic rings. The topological polar surface area (TPSA) is 93.4 Å². The number of benzene rings is 2. The van der Waals surface area contributed by atoms with Crippen LogP contribution < -0.4 is 0 Å². The number of nitrogens with zero attached hydrogens (tertiary/aromatic N) is 6. The second kappa shape index (κ2) is 6.02. The molecular formula is C18H12N6O. The molecule has 2 aromatic heterocycles. The minimum absolute atomic E-state index is 0.359. The third-order valence-electron chi connectivity index (χ3n) is 3.71. The largest absolute Gasteiger partial charge is 0.334 e. The molecule has 0 N–H and O–H groups in total. The molecule has 4 rings (SSSR count). The van der Waals surface area contributed by atoms with E-state index >= 15 is 0 Å². The molecule has 0 bridgehead atoms. The molecule has 0 spiro atoms. The van der Waals surface area contributed by atoms with E-state index in [1.165, 1.54) is 5.56 Å². The average molecular weight is 328 g/mol. The Kier molecular flexibility index (Phi) is 3.56. The molecule has 0 atom stereocenters.